The van der Waals surface area contributed by atoms with Crippen molar-refractivity contribution in [3.8, 4) is 0 Å². The van der Waals surface area contributed by atoms with Gasteiger partial charge in [0, 0.05) is 18.3 Å². The first-order chi connectivity index (χ1) is 12.0. The predicted molar refractivity (Wildman–Crippen MR) is 102 cm³/mol. The summed E-state index contributed by atoms with van der Waals surface area (Å²) in [5.74, 6) is 0.109. The molecule has 4 aliphatic carbocycles. The van der Waals surface area contributed by atoms with Crippen LogP contribution in [0.1, 0.15) is 59.8 Å². The number of esters is 1. The van der Waals surface area contributed by atoms with E-state index >= 15 is 0 Å². The van der Waals surface area contributed by atoms with Crippen LogP contribution in [0.3, 0.4) is 0 Å². The van der Waals surface area contributed by atoms with E-state index in [0.29, 0.717) is 6.42 Å². The van der Waals surface area contributed by atoms with Gasteiger partial charge in [0.2, 0.25) is 0 Å². The van der Waals surface area contributed by atoms with Crippen LogP contribution in [0.2, 0.25) is 0 Å². The van der Waals surface area contributed by atoms with Crippen LogP contribution in [-0.2, 0) is 9.53 Å². The zero-order chi connectivity index (χ0) is 19.1. The van der Waals surface area contributed by atoms with Crippen LogP contribution in [0.4, 0.5) is 0 Å². The molecule has 1 N–H and O–H groups in total. The quantitative estimate of drug-likeness (QED) is 0.553. The molecule has 2 bridgehead atoms. The summed E-state index contributed by atoms with van der Waals surface area (Å²) < 4.78 is 5.84. The fraction of sp³-hybridized carbons (Fsp3) is 0.696. The van der Waals surface area contributed by atoms with E-state index in [1.54, 1.807) is 0 Å². The number of aliphatic hydroxyl groups excluding tert-OH is 1. The Morgan fingerprint density at radius 1 is 1.23 bits per heavy atom. The SMILES string of the molecule is C=C1C=C2[C@]3(C[C@@H]1C(=C)[C@H]3OC(C)=O)C[C@H](O)[C@@H]1C(C)(C)CCC[C@@]21C. The third-order valence-corrected chi connectivity index (χ3v) is 8.07. The second kappa shape index (κ2) is 5.34. The third kappa shape index (κ3) is 2.13. The lowest BCUT2D eigenvalue weighted by atomic mass is 9.43. The fourth-order valence-electron chi connectivity index (χ4n) is 7.40. The molecule has 4 rings (SSSR count). The molecule has 0 saturated heterocycles. The van der Waals surface area contributed by atoms with Gasteiger partial charge in [0.1, 0.15) is 6.10 Å². The summed E-state index contributed by atoms with van der Waals surface area (Å²) in [4.78, 5) is 11.9. The van der Waals surface area contributed by atoms with E-state index in [2.05, 4.69) is 40.0 Å². The fourth-order valence-corrected chi connectivity index (χ4v) is 7.40. The summed E-state index contributed by atoms with van der Waals surface area (Å²) >= 11 is 0. The predicted octanol–water partition coefficient (Wildman–Crippen LogP) is 4.57. The summed E-state index contributed by atoms with van der Waals surface area (Å²) in [5.41, 5.74) is 3.11. The van der Waals surface area contributed by atoms with Crippen LogP contribution < -0.4 is 0 Å². The normalized spacial score (nSPS) is 46.3. The van der Waals surface area contributed by atoms with Crippen molar-refractivity contribution in [2.45, 2.75) is 72.0 Å². The zero-order valence-corrected chi connectivity index (χ0v) is 16.6. The molecule has 4 aliphatic rings. The monoisotopic (exact) mass is 356 g/mol. The van der Waals surface area contributed by atoms with Crippen LogP contribution in [0, 0.1) is 28.1 Å². The van der Waals surface area contributed by atoms with Crippen molar-refractivity contribution in [1.29, 1.82) is 0 Å². The van der Waals surface area contributed by atoms with E-state index in [0.717, 1.165) is 36.8 Å². The molecule has 0 aliphatic heterocycles. The van der Waals surface area contributed by atoms with Gasteiger partial charge in [-0.25, -0.2) is 0 Å². The molecule has 0 unspecified atom stereocenters. The molecule has 0 radical (unpaired) electrons. The van der Waals surface area contributed by atoms with Crippen molar-refractivity contribution < 1.29 is 14.6 Å². The van der Waals surface area contributed by atoms with Crippen LogP contribution >= 0.6 is 0 Å². The maximum absolute atomic E-state index is 11.9. The molecule has 142 valence electrons. The first-order valence-electron chi connectivity index (χ1n) is 9.98. The summed E-state index contributed by atoms with van der Waals surface area (Å²) in [5, 5.41) is 11.3. The van der Waals surface area contributed by atoms with E-state index in [4.69, 9.17) is 4.74 Å². The third-order valence-electron chi connectivity index (χ3n) is 8.07. The highest BCUT2D eigenvalue weighted by molar-refractivity contribution is 5.67. The number of carbonyl (C=O) groups is 1. The van der Waals surface area contributed by atoms with Crippen molar-refractivity contribution in [2.75, 3.05) is 0 Å². The van der Waals surface area contributed by atoms with Gasteiger partial charge < -0.3 is 9.84 Å². The number of hydrogen-bond acceptors (Lipinski definition) is 3. The molecular formula is C23H32O3. The number of hydrogen-bond donors (Lipinski definition) is 1. The van der Waals surface area contributed by atoms with E-state index < -0.39 is 0 Å². The van der Waals surface area contributed by atoms with Gasteiger partial charge in [0.05, 0.1) is 6.10 Å². The number of rotatable bonds is 1. The minimum absolute atomic E-state index is 0.0870. The maximum Gasteiger partial charge on any atom is 0.303 e. The average Bonchev–Trinajstić information content (AvgIpc) is 2.72. The topological polar surface area (TPSA) is 46.5 Å². The van der Waals surface area contributed by atoms with Gasteiger partial charge in [0.15, 0.2) is 0 Å². The molecule has 0 aromatic carbocycles. The smallest absolute Gasteiger partial charge is 0.303 e. The minimum atomic E-state index is -0.386. The van der Waals surface area contributed by atoms with Crippen LogP contribution in [0.15, 0.2) is 36.0 Å². The molecule has 3 saturated carbocycles. The van der Waals surface area contributed by atoms with Gasteiger partial charge >= 0.3 is 5.97 Å². The van der Waals surface area contributed by atoms with Crippen molar-refractivity contribution in [3.05, 3.63) is 36.0 Å². The van der Waals surface area contributed by atoms with Crippen LogP contribution in [-0.4, -0.2) is 23.3 Å². The molecule has 3 heteroatoms. The number of fused-ring (bicyclic) bond motifs is 3. The first kappa shape index (κ1) is 18.0. The Labute approximate surface area is 157 Å². The van der Waals surface area contributed by atoms with Crippen LogP contribution in [0.5, 0.6) is 0 Å². The summed E-state index contributed by atoms with van der Waals surface area (Å²) in [6.45, 7) is 17.0. The minimum Gasteiger partial charge on any atom is -0.457 e. The summed E-state index contributed by atoms with van der Waals surface area (Å²) in [6, 6.07) is 0. The molecule has 3 nitrogen and oxygen atoms in total. The highest BCUT2D eigenvalue weighted by Gasteiger charge is 2.67. The number of ether oxygens (including phenoxy) is 1. The van der Waals surface area contributed by atoms with Gasteiger partial charge in [-0.1, -0.05) is 52.0 Å². The first-order valence-corrected chi connectivity index (χ1v) is 9.98. The zero-order valence-electron chi connectivity index (χ0n) is 16.6. The number of allylic oxidation sites excluding steroid dienone is 2. The highest BCUT2D eigenvalue weighted by Crippen LogP contribution is 2.71. The highest BCUT2D eigenvalue weighted by atomic mass is 16.5. The van der Waals surface area contributed by atoms with Gasteiger partial charge in [-0.05, 0) is 53.6 Å². The van der Waals surface area contributed by atoms with Crippen molar-refractivity contribution in [2.24, 2.45) is 28.1 Å². The molecule has 0 heterocycles. The lowest BCUT2D eigenvalue weighted by molar-refractivity contribution is -0.159. The molecular weight excluding hydrogens is 324 g/mol. The Kier molecular flexibility index (Phi) is 3.71. The van der Waals surface area contributed by atoms with Crippen molar-refractivity contribution in [3.63, 3.8) is 0 Å². The Balaban J connectivity index is 1.89. The lowest BCUT2D eigenvalue weighted by Gasteiger charge is -2.62. The van der Waals surface area contributed by atoms with Gasteiger partial charge in [0.25, 0.3) is 0 Å². The lowest BCUT2D eigenvalue weighted by Crippen LogP contribution is -2.59. The van der Waals surface area contributed by atoms with E-state index in [-0.39, 0.29) is 46.3 Å². The second-order valence-electron chi connectivity index (χ2n) is 10.1. The van der Waals surface area contributed by atoms with Gasteiger partial charge in [-0.3, -0.25) is 4.79 Å². The van der Waals surface area contributed by atoms with E-state index in [9.17, 15) is 9.90 Å². The van der Waals surface area contributed by atoms with Crippen LogP contribution in [0.25, 0.3) is 0 Å². The van der Waals surface area contributed by atoms with Gasteiger partial charge in [-0.15, -0.1) is 0 Å². The Morgan fingerprint density at radius 2 is 1.92 bits per heavy atom. The molecule has 6 atom stereocenters. The molecule has 1 spiro atoms. The molecule has 26 heavy (non-hydrogen) atoms. The summed E-state index contributed by atoms with van der Waals surface area (Å²) in [6.07, 6.45) is 6.46. The second-order valence-corrected chi connectivity index (χ2v) is 10.1. The van der Waals surface area contributed by atoms with E-state index in [1.807, 2.05) is 0 Å². The number of aliphatic hydroxyl groups is 1. The van der Waals surface area contributed by atoms with Crippen molar-refractivity contribution >= 4 is 5.97 Å². The van der Waals surface area contributed by atoms with Crippen molar-refractivity contribution in [1.82, 2.24) is 0 Å². The average molecular weight is 357 g/mol. The molecule has 0 aromatic heterocycles. The largest absolute Gasteiger partial charge is 0.457 e. The Morgan fingerprint density at radius 3 is 2.58 bits per heavy atom. The molecule has 3 fully saturated rings. The maximum atomic E-state index is 11.9. The van der Waals surface area contributed by atoms with E-state index in [1.165, 1.54) is 12.5 Å². The molecule has 0 amide bonds. The summed E-state index contributed by atoms with van der Waals surface area (Å²) in [7, 11) is 0. The van der Waals surface area contributed by atoms with Gasteiger partial charge in [-0.2, -0.15) is 0 Å². The standard InChI is InChI=1S/C23H32O3/c1-13-10-18-22(6)9-7-8-21(4,5)19(22)17(25)12-23(18)11-16(13)14(2)20(23)26-15(3)24/h10,16-17,19-20,25H,1-2,7-9,11-12H2,3-6H3/t16-,17-,19+,20+,22-,23-/m0/s1. The number of carbonyl (C=O) groups excluding carboxylic acids is 1. The molecule has 0 aromatic rings. The Hall–Kier alpha value is -1.35. The Bertz CT molecular complexity index is 730.